The van der Waals surface area contributed by atoms with Crippen LogP contribution in [0.15, 0.2) is 0 Å². The first-order valence-corrected chi connectivity index (χ1v) is 7.50. The minimum Gasteiger partial charge on any atom is -0.308 e. The maximum absolute atomic E-state index is 11.3. The van der Waals surface area contributed by atoms with Gasteiger partial charge in [0.25, 0.3) is 0 Å². The highest BCUT2D eigenvalue weighted by molar-refractivity contribution is 7.84. The molecule has 3 unspecified atom stereocenters. The van der Waals surface area contributed by atoms with Crippen molar-refractivity contribution in [1.29, 1.82) is 0 Å². The Labute approximate surface area is 105 Å². The Bertz CT molecular complexity index is 367. The van der Waals surface area contributed by atoms with Gasteiger partial charge >= 0.3 is 0 Å². The summed E-state index contributed by atoms with van der Waals surface area (Å²) in [6, 6.07) is 0.137. The van der Waals surface area contributed by atoms with Crippen molar-refractivity contribution in [3.8, 4) is 0 Å². The first-order valence-electron chi connectivity index (χ1n) is 5.88. The Morgan fingerprint density at radius 1 is 1.47 bits per heavy atom. The van der Waals surface area contributed by atoms with E-state index in [9.17, 15) is 4.21 Å². The molecule has 0 spiro atoms. The number of nitrogens with zero attached hydrogens (tertiary/aromatic N) is 4. The molecular formula is C10H21N5OS. The largest absolute Gasteiger partial charge is 0.308 e. The predicted molar refractivity (Wildman–Crippen MR) is 68.1 cm³/mol. The van der Waals surface area contributed by atoms with Crippen LogP contribution in [0.3, 0.4) is 0 Å². The topological polar surface area (TPSA) is 72.7 Å². The Hall–Kier alpha value is -0.820. The number of hydrogen-bond donors (Lipinski definition) is 1. The smallest absolute Gasteiger partial charge is 0.167 e. The van der Waals surface area contributed by atoms with Gasteiger partial charge in [0.1, 0.15) is 0 Å². The molecule has 1 aromatic heterocycles. The molecule has 0 amide bonds. The Balaban J connectivity index is 2.60. The average Bonchev–Trinajstić information content (AvgIpc) is 2.74. The van der Waals surface area contributed by atoms with Crippen LogP contribution in [0.25, 0.3) is 0 Å². The summed E-state index contributed by atoms with van der Waals surface area (Å²) in [5.41, 5.74) is 0. The van der Waals surface area contributed by atoms with Gasteiger partial charge in [-0.1, -0.05) is 13.8 Å². The minimum absolute atomic E-state index is 0.137. The molecule has 1 N–H and O–H groups in total. The molecule has 98 valence electrons. The number of nitrogens with one attached hydrogen (secondary N) is 1. The molecule has 1 rings (SSSR count). The summed E-state index contributed by atoms with van der Waals surface area (Å²) in [4.78, 5) is 0. The van der Waals surface area contributed by atoms with Crippen LogP contribution in [-0.4, -0.2) is 42.5 Å². The van der Waals surface area contributed by atoms with Crippen LogP contribution in [0.1, 0.15) is 39.1 Å². The molecule has 0 saturated heterocycles. The first-order chi connectivity index (χ1) is 8.06. The van der Waals surface area contributed by atoms with E-state index in [0.29, 0.717) is 6.54 Å². The first kappa shape index (κ1) is 14.2. The molecule has 0 fully saturated rings. The molecule has 6 nitrogen and oxygen atoms in total. The van der Waals surface area contributed by atoms with Crippen LogP contribution < -0.4 is 5.32 Å². The van der Waals surface area contributed by atoms with Gasteiger partial charge in [-0.3, -0.25) is 4.21 Å². The van der Waals surface area contributed by atoms with Gasteiger partial charge in [-0.15, -0.1) is 5.10 Å². The van der Waals surface area contributed by atoms with E-state index in [1.807, 2.05) is 20.8 Å². The fraction of sp³-hybridized carbons (Fsp3) is 0.900. The van der Waals surface area contributed by atoms with E-state index in [4.69, 9.17) is 0 Å². The zero-order chi connectivity index (χ0) is 12.8. The van der Waals surface area contributed by atoms with Crippen LogP contribution in [0, 0.1) is 0 Å². The summed E-state index contributed by atoms with van der Waals surface area (Å²) >= 11 is 0. The van der Waals surface area contributed by atoms with Gasteiger partial charge in [-0.2, -0.15) is 0 Å². The zero-order valence-corrected chi connectivity index (χ0v) is 11.7. The molecular weight excluding hydrogens is 238 g/mol. The molecule has 3 atom stereocenters. The maximum atomic E-state index is 11.3. The Kier molecular flexibility index (Phi) is 5.70. The highest BCUT2D eigenvalue weighted by Crippen LogP contribution is 2.09. The molecule has 0 saturated carbocycles. The molecule has 0 aromatic carbocycles. The lowest BCUT2D eigenvalue weighted by molar-refractivity contribution is 0.482. The zero-order valence-electron chi connectivity index (χ0n) is 10.9. The quantitative estimate of drug-likeness (QED) is 0.772. The van der Waals surface area contributed by atoms with E-state index in [2.05, 4.69) is 20.8 Å². The van der Waals surface area contributed by atoms with Crippen LogP contribution in [0.4, 0.5) is 0 Å². The second-order valence-electron chi connectivity index (χ2n) is 4.14. The lowest BCUT2D eigenvalue weighted by Crippen LogP contribution is -2.23. The van der Waals surface area contributed by atoms with Gasteiger partial charge in [0.2, 0.25) is 0 Å². The third kappa shape index (κ3) is 4.16. The third-order valence-corrected chi connectivity index (χ3v) is 4.14. The van der Waals surface area contributed by atoms with Crippen molar-refractivity contribution >= 4 is 10.8 Å². The van der Waals surface area contributed by atoms with Crippen molar-refractivity contribution < 1.29 is 4.21 Å². The van der Waals surface area contributed by atoms with Crippen molar-refractivity contribution in [3.05, 3.63) is 5.82 Å². The summed E-state index contributed by atoms with van der Waals surface area (Å²) in [5, 5.41) is 15.1. The summed E-state index contributed by atoms with van der Waals surface area (Å²) in [6.45, 7) is 7.65. The van der Waals surface area contributed by atoms with E-state index >= 15 is 0 Å². The normalized spacial score (nSPS) is 16.7. The number of aromatic nitrogens is 4. The Morgan fingerprint density at radius 3 is 2.76 bits per heavy atom. The minimum atomic E-state index is -0.790. The molecule has 7 heteroatoms. The van der Waals surface area contributed by atoms with Crippen molar-refractivity contribution in [3.63, 3.8) is 0 Å². The molecule has 0 radical (unpaired) electrons. The fourth-order valence-electron chi connectivity index (χ4n) is 1.55. The summed E-state index contributed by atoms with van der Waals surface area (Å²) < 4.78 is 13.1. The van der Waals surface area contributed by atoms with Crippen LogP contribution in [-0.2, 0) is 17.3 Å². The highest BCUT2D eigenvalue weighted by Gasteiger charge is 2.14. The van der Waals surface area contributed by atoms with Gasteiger partial charge in [0, 0.05) is 28.9 Å². The summed E-state index contributed by atoms with van der Waals surface area (Å²) in [7, 11) is -0.790. The van der Waals surface area contributed by atoms with E-state index in [0.717, 1.165) is 18.8 Å². The van der Waals surface area contributed by atoms with Gasteiger partial charge in [-0.05, 0) is 30.3 Å². The summed E-state index contributed by atoms with van der Waals surface area (Å²) in [5.74, 6) is 0.834. The van der Waals surface area contributed by atoms with E-state index in [1.165, 1.54) is 0 Å². The van der Waals surface area contributed by atoms with Crippen LogP contribution in [0.2, 0.25) is 0 Å². The second-order valence-corrected chi connectivity index (χ2v) is 5.94. The van der Waals surface area contributed by atoms with Gasteiger partial charge in [-0.25, -0.2) is 4.68 Å². The third-order valence-electron chi connectivity index (χ3n) is 2.77. The number of aryl methyl sites for hydroxylation is 1. The lowest BCUT2D eigenvalue weighted by atomic mass is 10.3. The molecule has 0 bridgehead atoms. The maximum Gasteiger partial charge on any atom is 0.167 e. The summed E-state index contributed by atoms with van der Waals surface area (Å²) in [6.07, 6.45) is 2.55. The SMILES string of the molecule is CCNC(C)c1nnnn1CCC(C)S(C)=O. The monoisotopic (exact) mass is 259 g/mol. The number of rotatable bonds is 7. The van der Waals surface area contributed by atoms with E-state index in [-0.39, 0.29) is 11.3 Å². The average molecular weight is 259 g/mol. The predicted octanol–water partition coefficient (Wildman–Crippen LogP) is 0.501. The van der Waals surface area contributed by atoms with Crippen LogP contribution in [0.5, 0.6) is 0 Å². The molecule has 0 aliphatic carbocycles. The van der Waals surface area contributed by atoms with Crippen LogP contribution >= 0.6 is 0 Å². The van der Waals surface area contributed by atoms with Crippen molar-refractivity contribution in [2.45, 2.75) is 45.0 Å². The molecule has 0 aliphatic rings. The molecule has 1 heterocycles. The molecule has 17 heavy (non-hydrogen) atoms. The van der Waals surface area contributed by atoms with Crippen molar-refractivity contribution in [2.75, 3.05) is 12.8 Å². The van der Waals surface area contributed by atoms with E-state index < -0.39 is 10.8 Å². The van der Waals surface area contributed by atoms with Gasteiger partial charge in [0.05, 0.1) is 6.04 Å². The Morgan fingerprint density at radius 2 is 2.18 bits per heavy atom. The number of hydrogen-bond acceptors (Lipinski definition) is 5. The van der Waals surface area contributed by atoms with Crippen molar-refractivity contribution in [1.82, 2.24) is 25.5 Å². The van der Waals surface area contributed by atoms with Gasteiger partial charge in [0.15, 0.2) is 5.82 Å². The fourth-order valence-corrected chi connectivity index (χ4v) is 1.99. The second kappa shape index (κ2) is 6.80. The van der Waals surface area contributed by atoms with Gasteiger partial charge < -0.3 is 5.32 Å². The molecule has 1 aromatic rings. The lowest BCUT2D eigenvalue weighted by Gasteiger charge is -2.13. The number of tetrazole rings is 1. The highest BCUT2D eigenvalue weighted by atomic mass is 32.2. The molecule has 0 aliphatic heterocycles. The van der Waals surface area contributed by atoms with E-state index in [1.54, 1.807) is 10.9 Å². The van der Waals surface area contributed by atoms with Crippen molar-refractivity contribution in [2.24, 2.45) is 0 Å². The standard InChI is InChI=1S/C10H21N5OS/c1-5-11-9(3)10-12-13-14-15(10)7-6-8(2)17(4)16/h8-9,11H,5-7H2,1-4H3.